The fourth-order valence-corrected chi connectivity index (χ4v) is 2.05. The van der Waals surface area contributed by atoms with E-state index in [0.29, 0.717) is 5.56 Å². The highest BCUT2D eigenvalue weighted by Crippen LogP contribution is 2.30. The molecule has 0 fully saturated rings. The first-order chi connectivity index (χ1) is 8.00. The van der Waals surface area contributed by atoms with Crippen molar-refractivity contribution >= 4 is 11.6 Å². The van der Waals surface area contributed by atoms with E-state index in [1.54, 1.807) is 12.4 Å². The Balaban J connectivity index is 2.65. The first kappa shape index (κ1) is 12.1. The quantitative estimate of drug-likeness (QED) is 0.787. The van der Waals surface area contributed by atoms with Crippen LogP contribution < -0.4 is 0 Å². The minimum atomic E-state index is -0.342. The van der Waals surface area contributed by atoms with Crippen molar-refractivity contribution in [3.05, 3.63) is 46.8 Å². The Hall–Kier alpha value is -1.35. The first-order valence-corrected chi connectivity index (χ1v) is 5.87. The van der Waals surface area contributed by atoms with Gasteiger partial charge in [-0.3, -0.25) is 0 Å². The second kappa shape index (κ2) is 4.49. The lowest BCUT2D eigenvalue weighted by atomic mass is 10.0. The molecule has 0 N–H and O–H groups in total. The predicted molar refractivity (Wildman–Crippen MR) is 67.4 cm³/mol. The molecule has 2 aromatic rings. The van der Waals surface area contributed by atoms with Crippen LogP contribution in [-0.2, 0) is 0 Å². The van der Waals surface area contributed by atoms with Gasteiger partial charge in [-0.05, 0) is 25.0 Å². The molecule has 0 amide bonds. The molecule has 1 heterocycles. The maximum Gasteiger partial charge on any atom is 0.147 e. The molecule has 4 heteroatoms. The molecule has 90 valence electrons. The fourth-order valence-electron chi connectivity index (χ4n) is 1.88. The topological polar surface area (TPSA) is 17.8 Å². The summed E-state index contributed by atoms with van der Waals surface area (Å²) >= 11 is 5.82. The molecule has 1 aromatic carbocycles. The van der Waals surface area contributed by atoms with E-state index in [9.17, 15) is 4.39 Å². The third kappa shape index (κ3) is 2.20. The van der Waals surface area contributed by atoms with Crippen LogP contribution in [0, 0.1) is 12.7 Å². The van der Waals surface area contributed by atoms with Crippen molar-refractivity contribution in [3.8, 4) is 5.69 Å². The van der Waals surface area contributed by atoms with Crippen molar-refractivity contribution in [3.63, 3.8) is 0 Å². The normalized spacial score (nSPS) is 11.2. The fraction of sp³-hybridized carbons (Fsp3) is 0.308. The molecule has 2 rings (SSSR count). The molecule has 0 aliphatic rings. The highest BCUT2D eigenvalue weighted by molar-refractivity contribution is 6.30. The summed E-state index contributed by atoms with van der Waals surface area (Å²) in [6, 6.07) is 3.40. The van der Waals surface area contributed by atoms with Crippen molar-refractivity contribution in [1.29, 1.82) is 0 Å². The lowest BCUT2D eigenvalue weighted by molar-refractivity contribution is 0.596. The molecule has 0 saturated carbocycles. The second-order valence-corrected chi connectivity index (χ2v) is 4.78. The molecule has 17 heavy (non-hydrogen) atoms. The summed E-state index contributed by atoms with van der Waals surface area (Å²) in [6.07, 6.45) is 3.55. The van der Waals surface area contributed by atoms with Crippen LogP contribution in [0.5, 0.6) is 0 Å². The molecule has 0 aliphatic carbocycles. The summed E-state index contributed by atoms with van der Waals surface area (Å²) < 4.78 is 15.9. The van der Waals surface area contributed by atoms with E-state index in [4.69, 9.17) is 11.6 Å². The largest absolute Gasteiger partial charge is 0.306 e. The van der Waals surface area contributed by atoms with Crippen LogP contribution in [-0.4, -0.2) is 9.55 Å². The van der Waals surface area contributed by atoms with E-state index < -0.39 is 0 Å². The molecule has 0 spiro atoms. The maximum absolute atomic E-state index is 14.0. The smallest absolute Gasteiger partial charge is 0.147 e. The van der Waals surface area contributed by atoms with Gasteiger partial charge < -0.3 is 4.57 Å². The zero-order valence-corrected chi connectivity index (χ0v) is 10.8. The third-order valence-electron chi connectivity index (χ3n) is 2.68. The number of aromatic nitrogens is 2. The number of halogens is 2. The summed E-state index contributed by atoms with van der Waals surface area (Å²) in [6.45, 7) is 5.79. The first-order valence-electron chi connectivity index (χ1n) is 5.49. The van der Waals surface area contributed by atoms with Gasteiger partial charge >= 0.3 is 0 Å². The maximum atomic E-state index is 14.0. The molecule has 0 saturated heterocycles. The van der Waals surface area contributed by atoms with Crippen molar-refractivity contribution < 1.29 is 4.39 Å². The van der Waals surface area contributed by atoms with E-state index >= 15 is 0 Å². The SMILES string of the molecule is Cc1cn(-c2ccc(Cl)c(F)c2C(C)C)cn1. The molecule has 0 unspecified atom stereocenters. The number of aryl methyl sites for hydroxylation is 1. The van der Waals surface area contributed by atoms with Gasteiger partial charge in [0.05, 0.1) is 22.7 Å². The Kier molecular flexibility index (Phi) is 3.20. The van der Waals surface area contributed by atoms with Crippen molar-refractivity contribution in [2.24, 2.45) is 0 Å². The van der Waals surface area contributed by atoms with Gasteiger partial charge in [0.2, 0.25) is 0 Å². The molecule has 2 nitrogen and oxygen atoms in total. The van der Waals surface area contributed by atoms with Gasteiger partial charge in [-0.15, -0.1) is 0 Å². The average Bonchev–Trinajstić information content (AvgIpc) is 2.68. The molecule has 0 aliphatic heterocycles. The molecular formula is C13H14ClFN2. The Morgan fingerprint density at radius 2 is 2.06 bits per heavy atom. The van der Waals surface area contributed by atoms with E-state index in [1.807, 2.05) is 37.6 Å². The van der Waals surface area contributed by atoms with E-state index in [-0.39, 0.29) is 16.8 Å². The number of rotatable bonds is 2. The van der Waals surface area contributed by atoms with Crippen molar-refractivity contribution in [2.75, 3.05) is 0 Å². The highest BCUT2D eigenvalue weighted by atomic mass is 35.5. The van der Waals surface area contributed by atoms with E-state index in [0.717, 1.165) is 11.4 Å². The van der Waals surface area contributed by atoms with Crippen LogP contribution >= 0.6 is 11.6 Å². The van der Waals surface area contributed by atoms with Crippen LogP contribution in [0.1, 0.15) is 31.0 Å². The van der Waals surface area contributed by atoms with Gasteiger partial charge in [0.1, 0.15) is 5.82 Å². The molecule has 0 atom stereocenters. The monoisotopic (exact) mass is 252 g/mol. The zero-order valence-electron chi connectivity index (χ0n) is 10.0. The van der Waals surface area contributed by atoms with E-state index in [2.05, 4.69) is 4.98 Å². The van der Waals surface area contributed by atoms with Gasteiger partial charge in [-0.25, -0.2) is 9.37 Å². The van der Waals surface area contributed by atoms with Gasteiger partial charge in [-0.1, -0.05) is 25.4 Å². The summed E-state index contributed by atoms with van der Waals surface area (Å²) in [5.41, 5.74) is 2.31. The highest BCUT2D eigenvalue weighted by Gasteiger charge is 2.16. The molecule has 1 aromatic heterocycles. The van der Waals surface area contributed by atoms with Gasteiger partial charge in [0.15, 0.2) is 0 Å². The van der Waals surface area contributed by atoms with Crippen LogP contribution in [0.25, 0.3) is 5.69 Å². The average molecular weight is 253 g/mol. The zero-order chi connectivity index (χ0) is 12.6. The van der Waals surface area contributed by atoms with Gasteiger partial charge in [0, 0.05) is 11.8 Å². The minimum Gasteiger partial charge on any atom is -0.306 e. The second-order valence-electron chi connectivity index (χ2n) is 4.37. The summed E-state index contributed by atoms with van der Waals surface area (Å²) in [5, 5.41) is 0.161. The molecule has 0 bridgehead atoms. The number of hydrogen-bond donors (Lipinski definition) is 0. The van der Waals surface area contributed by atoms with Crippen LogP contribution in [0.2, 0.25) is 5.02 Å². The summed E-state index contributed by atoms with van der Waals surface area (Å²) in [7, 11) is 0. The number of nitrogens with zero attached hydrogens (tertiary/aromatic N) is 2. The Bertz CT molecular complexity index is 546. The van der Waals surface area contributed by atoms with Crippen LogP contribution in [0.4, 0.5) is 4.39 Å². The van der Waals surface area contributed by atoms with Gasteiger partial charge in [-0.2, -0.15) is 0 Å². The summed E-state index contributed by atoms with van der Waals surface area (Å²) in [4.78, 5) is 4.15. The number of imidazole rings is 1. The Labute approximate surface area is 105 Å². The standard InChI is InChI=1S/C13H14ClFN2/c1-8(2)12-11(5-4-10(14)13(12)15)17-6-9(3)16-7-17/h4-8H,1-3H3. The third-order valence-corrected chi connectivity index (χ3v) is 2.97. The van der Waals surface area contributed by atoms with Crippen LogP contribution in [0.15, 0.2) is 24.7 Å². The summed E-state index contributed by atoms with van der Waals surface area (Å²) in [5.74, 6) is -0.281. The predicted octanol–water partition coefficient (Wildman–Crippen LogP) is 4.10. The van der Waals surface area contributed by atoms with E-state index in [1.165, 1.54) is 0 Å². The van der Waals surface area contributed by atoms with Crippen molar-refractivity contribution in [2.45, 2.75) is 26.7 Å². The lowest BCUT2D eigenvalue weighted by Gasteiger charge is -2.15. The van der Waals surface area contributed by atoms with Crippen LogP contribution in [0.3, 0.4) is 0 Å². The minimum absolute atomic E-state index is 0.0615. The Morgan fingerprint density at radius 3 is 2.59 bits per heavy atom. The molecular weight excluding hydrogens is 239 g/mol. The van der Waals surface area contributed by atoms with Gasteiger partial charge in [0.25, 0.3) is 0 Å². The lowest BCUT2D eigenvalue weighted by Crippen LogP contribution is -2.03. The Morgan fingerprint density at radius 1 is 1.35 bits per heavy atom. The number of benzene rings is 1. The number of hydrogen-bond acceptors (Lipinski definition) is 1. The molecule has 0 radical (unpaired) electrons. The van der Waals surface area contributed by atoms with Crippen molar-refractivity contribution in [1.82, 2.24) is 9.55 Å².